The van der Waals surface area contributed by atoms with Crippen molar-refractivity contribution < 1.29 is 14.3 Å². The average molecular weight is 254 g/mol. The fourth-order valence-electron chi connectivity index (χ4n) is 1.95. The Hall–Kier alpha value is -1.76. The predicted octanol–water partition coefficient (Wildman–Crippen LogP) is 0.266. The molecule has 7 heteroatoms. The predicted molar refractivity (Wildman–Crippen MR) is 63.6 cm³/mol. The van der Waals surface area contributed by atoms with Crippen LogP contribution in [-0.2, 0) is 0 Å². The van der Waals surface area contributed by atoms with Gasteiger partial charge in [-0.1, -0.05) is 0 Å². The highest BCUT2D eigenvalue weighted by atomic mass is 19.1. The molecule has 2 heterocycles. The number of alkyl halides is 1. The topological polar surface area (TPSA) is 69.6 Å². The smallest absolute Gasteiger partial charge is 0.374 e. The monoisotopic (exact) mass is 254 g/mol. The number of carboxylic acid groups (broad SMARTS) is 1. The molecule has 0 radical (unpaired) electrons. The SMILES string of the molecule is O=C(O)c1nccc(N2CCN(CCF)CC2)n1. The first kappa shape index (κ1) is 12.7. The first-order valence-corrected chi connectivity index (χ1v) is 5.80. The number of anilines is 1. The molecule has 1 fully saturated rings. The van der Waals surface area contributed by atoms with E-state index in [1.165, 1.54) is 6.20 Å². The first-order chi connectivity index (χ1) is 8.70. The van der Waals surface area contributed by atoms with Gasteiger partial charge in [-0.3, -0.25) is 4.90 Å². The molecule has 0 aliphatic carbocycles. The van der Waals surface area contributed by atoms with Crippen LogP contribution < -0.4 is 4.90 Å². The third-order valence-electron chi connectivity index (χ3n) is 2.93. The quantitative estimate of drug-likeness (QED) is 0.831. The third-order valence-corrected chi connectivity index (χ3v) is 2.93. The summed E-state index contributed by atoms with van der Waals surface area (Å²) in [5.41, 5.74) is 0. The zero-order valence-electron chi connectivity index (χ0n) is 9.92. The largest absolute Gasteiger partial charge is 0.475 e. The van der Waals surface area contributed by atoms with E-state index in [-0.39, 0.29) is 12.5 Å². The van der Waals surface area contributed by atoms with Crippen molar-refractivity contribution in [3.8, 4) is 0 Å². The van der Waals surface area contributed by atoms with Crippen molar-refractivity contribution >= 4 is 11.8 Å². The summed E-state index contributed by atoms with van der Waals surface area (Å²) in [6, 6.07) is 1.69. The van der Waals surface area contributed by atoms with E-state index < -0.39 is 5.97 Å². The van der Waals surface area contributed by atoms with E-state index in [1.54, 1.807) is 6.07 Å². The number of hydrogen-bond acceptors (Lipinski definition) is 5. The number of nitrogens with zero attached hydrogens (tertiary/aromatic N) is 4. The van der Waals surface area contributed by atoms with Crippen LogP contribution in [0.1, 0.15) is 10.6 Å². The van der Waals surface area contributed by atoms with Crippen LogP contribution in [0, 0.1) is 0 Å². The van der Waals surface area contributed by atoms with Crippen molar-refractivity contribution in [1.82, 2.24) is 14.9 Å². The van der Waals surface area contributed by atoms with Crippen molar-refractivity contribution in [3.63, 3.8) is 0 Å². The summed E-state index contributed by atoms with van der Waals surface area (Å²) in [5, 5.41) is 8.83. The molecular weight excluding hydrogens is 239 g/mol. The Labute approximate surface area is 104 Å². The molecule has 0 atom stereocenters. The zero-order valence-corrected chi connectivity index (χ0v) is 9.92. The molecule has 1 aliphatic rings. The summed E-state index contributed by atoms with van der Waals surface area (Å²) >= 11 is 0. The second-order valence-corrected chi connectivity index (χ2v) is 4.06. The summed E-state index contributed by atoms with van der Waals surface area (Å²) in [5.74, 6) is -0.714. The van der Waals surface area contributed by atoms with Crippen molar-refractivity contribution in [3.05, 3.63) is 18.1 Å². The van der Waals surface area contributed by atoms with Gasteiger partial charge in [-0.2, -0.15) is 0 Å². The molecule has 1 N–H and O–H groups in total. The number of aromatic carboxylic acids is 1. The van der Waals surface area contributed by atoms with Crippen LogP contribution in [0.4, 0.5) is 10.2 Å². The van der Waals surface area contributed by atoms with Gasteiger partial charge in [0.2, 0.25) is 5.82 Å². The molecule has 0 spiro atoms. The molecule has 6 nitrogen and oxygen atoms in total. The van der Waals surface area contributed by atoms with E-state index in [9.17, 15) is 9.18 Å². The Kier molecular flexibility index (Phi) is 4.03. The Morgan fingerprint density at radius 3 is 2.72 bits per heavy atom. The van der Waals surface area contributed by atoms with E-state index in [4.69, 9.17) is 5.11 Å². The van der Waals surface area contributed by atoms with Gasteiger partial charge in [-0.25, -0.2) is 19.2 Å². The highest BCUT2D eigenvalue weighted by molar-refractivity contribution is 5.83. The van der Waals surface area contributed by atoms with Crippen LogP contribution in [0.2, 0.25) is 0 Å². The number of halogens is 1. The van der Waals surface area contributed by atoms with Crippen LogP contribution in [-0.4, -0.2) is 65.3 Å². The van der Waals surface area contributed by atoms with Crippen LogP contribution in [0.15, 0.2) is 12.3 Å². The molecule has 1 aromatic heterocycles. The van der Waals surface area contributed by atoms with Crippen molar-refractivity contribution in [2.24, 2.45) is 0 Å². The van der Waals surface area contributed by atoms with Crippen LogP contribution in [0.25, 0.3) is 0 Å². The maximum atomic E-state index is 12.2. The number of rotatable bonds is 4. The van der Waals surface area contributed by atoms with Gasteiger partial charge in [-0.05, 0) is 6.07 Å². The minimum Gasteiger partial charge on any atom is -0.475 e. The van der Waals surface area contributed by atoms with Crippen molar-refractivity contribution in [2.45, 2.75) is 0 Å². The van der Waals surface area contributed by atoms with Gasteiger partial charge in [0, 0.05) is 38.9 Å². The van der Waals surface area contributed by atoms with E-state index in [1.807, 2.05) is 9.80 Å². The van der Waals surface area contributed by atoms with Crippen LogP contribution in [0.5, 0.6) is 0 Å². The maximum Gasteiger partial charge on any atom is 0.374 e. The second-order valence-electron chi connectivity index (χ2n) is 4.06. The molecule has 98 valence electrons. The summed E-state index contributed by atoms with van der Waals surface area (Å²) in [7, 11) is 0. The lowest BCUT2D eigenvalue weighted by Gasteiger charge is -2.34. The maximum absolute atomic E-state index is 12.2. The molecule has 1 aliphatic heterocycles. The number of carboxylic acids is 1. The second kappa shape index (κ2) is 5.72. The van der Waals surface area contributed by atoms with Crippen LogP contribution in [0.3, 0.4) is 0 Å². The standard InChI is InChI=1S/C11H15FN4O2/c12-2-4-15-5-7-16(8-6-15)9-1-3-13-10(14-9)11(17)18/h1,3H,2,4-8H2,(H,17,18). The van der Waals surface area contributed by atoms with Gasteiger partial charge >= 0.3 is 5.97 Å². The minimum atomic E-state index is -1.13. The lowest BCUT2D eigenvalue weighted by molar-refractivity contribution is 0.0683. The summed E-state index contributed by atoms with van der Waals surface area (Å²) in [6.07, 6.45) is 1.44. The van der Waals surface area contributed by atoms with Gasteiger partial charge in [0.1, 0.15) is 12.5 Å². The molecular formula is C11H15FN4O2. The molecule has 0 unspecified atom stereocenters. The fraction of sp³-hybridized carbons (Fsp3) is 0.545. The summed E-state index contributed by atoms with van der Waals surface area (Å²) in [4.78, 5) is 22.5. The van der Waals surface area contributed by atoms with Gasteiger partial charge in [-0.15, -0.1) is 0 Å². The Morgan fingerprint density at radius 2 is 2.11 bits per heavy atom. The Bertz CT molecular complexity index is 421. The number of aromatic nitrogens is 2. The number of piperazine rings is 1. The zero-order chi connectivity index (χ0) is 13.0. The number of hydrogen-bond donors (Lipinski definition) is 1. The Balaban J connectivity index is 2.01. The molecule has 18 heavy (non-hydrogen) atoms. The van der Waals surface area contributed by atoms with Gasteiger partial charge in [0.05, 0.1) is 0 Å². The molecule has 2 rings (SSSR count). The first-order valence-electron chi connectivity index (χ1n) is 5.80. The molecule has 0 aromatic carbocycles. The minimum absolute atomic E-state index is 0.196. The van der Waals surface area contributed by atoms with E-state index in [0.717, 1.165) is 26.2 Å². The molecule has 0 bridgehead atoms. The van der Waals surface area contributed by atoms with E-state index in [0.29, 0.717) is 12.4 Å². The molecule has 1 aromatic rings. The Morgan fingerprint density at radius 1 is 1.39 bits per heavy atom. The highest BCUT2D eigenvalue weighted by Crippen LogP contribution is 2.13. The third kappa shape index (κ3) is 2.92. The van der Waals surface area contributed by atoms with Crippen LogP contribution >= 0.6 is 0 Å². The lowest BCUT2D eigenvalue weighted by Crippen LogP contribution is -2.47. The lowest BCUT2D eigenvalue weighted by atomic mass is 10.3. The average Bonchev–Trinajstić information content (AvgIpc) is 2.40. The van der Waals surface area contributed by atoms with Gasteiger partial charge < -0.3 is 10.0 Å². The highest BCUT2D eigenvalue weighted by Gasteiger charge is 2.18. The van der Waals surface area contributed by atoms with E-state index in [2.05, 4.69) is 9.97 Å². The molecule has 1 saturated heterocycles. The van der Waals surface area contributed by atoms with E-state index >= 15 is 0 Å². The molecule has 0 amide bonds. The van der Waals surface area contributed by atoms with Gasteiger partial charge in [0.25, 0.3) is 0 Å². The van der Waals surface area contributed by atoms with Crippen molar-refractivity contribution in [2.75, 3.05) is 44.3 Å². The van der Waals surface area contributed by atoms with Crippen molar-refractivity contribution in [1.29, 1.82) is 0 Å². The summed E-state index contributed by atoms with van der Waals surface area (Å²) < 4.78 is 12.2. The molecule has 0 saturated carbocycles. The summed E-state index contributed by atoms with van der Waals surface area (Å²) in [6.45, 7) is 3.08. The van der Waals surface area contributed by atoms with Gasteiger partial charge in [0.15, 0.2) is 0 Å². The normalized spacial score (nSPS) is 16.8. The number of carbonyl (C=O) groups is 1. The fourth-order valence-corrected chi connectivity index (χ4v) is 1.95.